The van der Waals surface area contributed by atoms with Gasteiger partial charge in [-0.05, 0) is 45.7 Å². The Morgan fingerprint density at radius 2 is 2.05 bits per heavy atom. The normalized spacial score (nSPS) is 25.7. The molecule has 1 saturated heterocycles. The van der Waals surface area contributed by atoms with Gasteiger partial charge in [-0.25, -0.2) is 13.9 Å². The summed E-state index contributed by atoms with van der Waals surface area (Å²) < 4.78 is 53.6. The number of para-hydroxylation sites is 1. The lowest BCUT2D eigenvalue weighted by atomic mass is 9.97. The smallest absolute Gasteiger partial charge is 0.459 e. The van der Waals surface area contributed by atoms with Gasteiger partial charge in [-0.2, -0.15) is 15.1 Å². The molecule has 6 atom stereocenters. The van der Waals surface area contributed by atoms with E-state index in [-0.39, 0.29) is 23.4 Å². The minimum absolute atomic E-state index is 0.0869. The van der Waals surface area contributed by atoms with Crippen molar-refractivity contribution in [3.05, 3.63) is 36.7 Å². The molecule has 1 aliphatic heterocycles. The number of halogens is 1. The lowest BCUT2D eigenvalue weighted by Gasteiger charge is -2.25. The summed E-state index contributed by atoms with van der Waals surface area (Å²) >= 11 is 0. The molecule has 2 fully saturated rings. The number of aliphatic hydroxyl groups is 1. The van der Waals surface area contributed by atoms with Crippen LogP contribution in [0.25, 0.3) is 11.2 Å². The number of nitrogens with two attached hydrogens (primary N) is 1. The number of ether oxygens (including phenoxy) is 2. The van der Waals surface area contributed by atoms with E-state index in [4.69, 9.17) is 30.7 Å². The number of hydrogen-bond acceptors (Lipinski definition) is 12. The highest BCUT2D eigenvalue weighted by Gasteiger charge is 2.58. The van der Waals surface area contributed by atoms with Gasteiger partial charge in [0.15, 0.2) is 23.2 Å². The van der Waals surface area contributed by atoms with Crippen molar-refractivity contribution in [3.63, 3.8) is 0 Å². The lowest BCUT2D eigenvalue weighted by molar-refractivity contribution is -0.149. The van der Waals surface area contributed by atoms with Gasteiger partial charge < -0.3 is 30.2 Å². The fourth-order valence-electron chi connectivity index (χ4n) is 4.44. The maximum absolute atomic E-state index is 16.3. The Hall–Kier alpha value is -3.80. The number of benzene rings is 1. The van der Waals surface area contributed by atoms with Gasteiger partial charge in [0.1, 0.15) is 24.0 Å². The Morgan fingerprint density at radius 3 is 2.70 bits per heavy atom. The minimum Gasteiger partial charge on any atom is -0.462 e. The zero-order chi connectivity index (χ0) is 30.9. The van der Waals surface area contributed by atoms with Crippen molar-refractivity contribution < 1.29 is 37.4 Å². The summed E-state index contributed by atoms with van der Waals surface area (Å²) in [6.45, 7) is 4.10. The van der Waals surface area contributed by atoms with Gasteiger partial charge in [0.25, 0.3) is 0 Å². The number of terminal acetylenes is 1. The topological polar surface area (TPSA) is 185 Å². The summed E-state index contributed by atoms with van der Waals surface area (Å²) in [5, 5.41) is 16.7. The van der Waals surface area contributed by atoms with Crippen LogP contribution in [0.5, 0.6) is 5.75 Å². The number of aromatic nitrogens is 4. The molecule has 2 aromatic heterocycles. The number of rotatable bonds is 12. The van der Waals surface area contributed by atoms with Gasteiger partial charge in [0, 0.05) is 6.04 Å². The second kappa shape index (κ2) is 12.1. The Labute approximate surface area is 247 Å². The van der Waals surface area contributed by atoms with Gasteiger partial charge >= 0.3 is 13.7 Å². The number of nitrogens with one attached hydrogen (secondary N) is 2. The Morgan fingerprint density at radius 1 is 1.33 bits per heavy atom. The van der Waals surface area contributed by atoms with Crippen LogP contribution < -0.4 is 20.7 Å². The summed E-state index contributed by atoms with van der Waals surface area (Å²) in [7, 11) is -4.34. The largest absolute Gasteiger partial charge is 0.462 e. The van der Waals surface area contributed by atoms with Crippen molar-refractivity contribution in [2.45, 2.75) is 75.9 Å². The molecule has 2 aliphatic rings. The predicted octanol–water partition coefficient (Wildman–Crippen LogP) is 2.72. The zero-order valence-electron chi connectivity index (χ0n) is 23.7. The van der Waals surface area contributed by atoms with Crippen LogP contribution in [0.3, 0.4) is 0 Å². The van der Waals surface area contributed by atoms with Crippen molar-refractivity contribution in [1.29, 1.82) is 0 Å². The van der Waals surface area contributed by atoms with E-state index in [1.54, 1.807) is 32.0 Å². The first-order chi connectivity index (χ1) is 20.4. The molecule has 0 radical (unpaired) electrons. The van der Waals surface area contributed by atoms with Crippen LogP contribution in [-0.4, -0.2) is 73.3 Å². The predicted molar refractivity (Wildman–Crippen MR) is 153 cm³/mol. The molecule has 0 amide bonds. The quantitative estimate of drug-likeness (QED) is 0.132. The molecule has 3 heterocycles. The van der Waals surface area contributed by atoms with Crippen LogP contribution in [0.2, 0.25) is 0 Å². The SMILES string of the molecule is C#C[C@@]1(F)[C@H](O)[C@@H](CO[P@@](=O)(N[C@H](C)C(=O)OC(C)C)Oc2ccccc2)O[C@H]1n1cnc2c(NC3CC3)nc(N)nc21. The monoisotopic (exact) mass is 617 g/mol. The summed E-state index contributed by atoms with van der Waals surface area (Å²) in [4.78, 5) is 25.1. The van der Waals surface area contributed by atoms with Crippen LogP contribution in [0.1, 0.15) is 39.8 Å². The fourth-order valence-corrected chi connectivity index (χ4v) is 5.95. The van der Waals surface area contributed by atoms with Crippen LogP contribution in [0.15, 0.2) is 36.7 Å². The van der Waals surface area contributed by atoms with E-state index in [1.165, 1.54) is 30.0 Å². The van der Waals surface area contributed by atoms with Gasteiger partial charge in [0.2, 0.25) is 11.6 Å². The second-order valence-electron chi connectivity index (χ2n) is 10.6. The van der Waals surface area contributed by atoms with Crippen molar-refractivity contribution in [2.24, 2.45) is 0 Å². The maximum atomic E-state index is 16.3. The number of carbonyl (C=O) groups is 1. The van der Waals surface area contributed by atoms with E-state index >= 15 is 4.39 Å². The van der Waals surface area contributed by atoms with Crippen molar-refractivity contribution in [3.8, 4) is 18.1 Å². The third kappa shape index (κ3) is 6.58. The highest BCUT2D eigenvalue weighted by atomic mass is 31.2. The van der Waals surface area contributed by atoms with E-state index < -0.39 is 56.6 Å². The van der Waals surface area contributed by atoms with E-state index in [9.17, 15) is 14.5 Å². The lowest BCUT2D eigenvalue weighted by Crippen LogP contribution is -2.42. The van der Waals surface area contributed by atoms with Crippen molar-refractivity contribution in [2.75, 3.05) is 17.7 Å². The van der Waals surface area contributed by atoms with E-state index in [2.05, 4.69) is 25.4 Å². The van der Waals surface area contributed by atoms with E-state index in [0.717, 1.165) is 12.8 Å². The van der Waals surface area contributed by atoms with Crippen LogP contribution in [-0.2, 0) is 23.4 Å². The Kier molecular flexibility index (Phi) is 8.60. The Bertz CT molecular complexity index is 1560. The summed E-state index contributed by atoms with van der Waals surface area (Å²) in [5.41, 5.74) is 3.58. The molecule has 0 spiro atoms. The standard InChI is InChI=1S/C27H33FN7O7P/c1-5-27(28)21(36)19(41-25(27)35-14-30-20-22(31-17-11-12-17)32-26(29)33-23(20)35)13-39-43(38,42-18-9-7-6-8-10-18)34-16(4)24(37)40-15(2)3/h1,6-10,14-17,19,21,25,36H,11-13H2,2-4H3,(H,34,38)(H3,29,31,32,33)/t16-,19-,21-,25-,27-,43+/m1/s1. The summed E-state index contributed by atoms with van der Waals surface area (Å²) in [6, 6.07) is 7.17. The summed E-state index contributed by atoms with van der Waals surface area (Å²) in [6.07, 6.45) is 3.34. The van der Waals surface area contributed by atoms with Crippen LogP contribution in [0.4, 0.5) is 16.2 Å². The fraction of sp³-hybridized carbons (Fsp3) is 0.481. The van der Waals surface area contributed by atoms with Gasteiger partial charge in [0.05, 0.1) is 19.0 Å². The molecule has 1 aromatic carbocycles. The molecule has 0 bridgehead atoms. The average Bonchev–Trinajstić information content (AvgIpc) is 3.62. The first-order valence-corrected chi connectivity index (χ1v) is 15.2. The van der Waals surface area contributed by atoms with Gasteiger partial charge in [-0.3, -0.25) is 13.9 Å². The molecular formula is C27H33FN7O7P. The molecule has 16 heteroatoms. The van der Waals surface area contributed by atoms with Crippen molar-refractivity contribution >= 4 is 36.6 Å². The van der Waals surface area contributed by atoms with Crippen molar-refractivity contribution in [1.82, 2.24) is 24.6 Å². The number of nitrogens with zero attached hydrogens (tertiary/aromatic N) is 4. The molecule has 230 valence electrons. The second-order valence-corrected chi connectivity index (χ2v) is 12.3. The molecule has 14 nitrogen and oxygen atoms in total. The molecular weight excluding hydrogens is 584 g/mol. The third-order valence-corrected chi connectivity index (χ3v) is 8.35. The number of alkyl halides is 1. The molecule has 5 rings (SSSR count). The highest BCUT2D eigenvalue weighted by Crippen LogP contribution is 2.48. The van der Waals surface area contributed by atoms with E-state index in [1.807, 2.05) is 5.92 Å². The number of carbonyl (C=O) groups excluding carboxylic acids is 1. The molecule has 1 saturated carbocycles. The highest BCUT2D eigenvalue weighted by molar-refractivity contribution is 7.52. The van der Waals surface area contributed by atoms with Crippen LogP contribution >= 0.6 is 7.75 Å². The van der Waals surface area contributed by atoms with E-state index in [0.29, 0.717) is 11.3 Å². The number of fused-ring (bicyclic) bond motifs is 1. The average molecular weight is 618 g/mol. The molecule has 1 aliphatic carbocycles. The minimum atomic E-state index is -4.34. The van der Waals surface area contributed by atoms with Crippen LogP contribution in [0, 0.1) is 12.3 Å². The first-order valence-electron chi connectivity index (χ1n) is 13.7. The molecule has 0 unspecified atom stereocenters. The zero-order valence-corrected chi connectivity index (χ0v) is 24.6. The number of esters is 1. The first kappa shape index (κ1) is 30.7. The van der Waals surface area contributed by atoms with Gasteiger partial charge in [-0.1, -0.05) is 24.1 Å². The molecule has 43 heavy (non-hydrogen) atoms. The maximum Gasteiger partial charge on any atom is 0.459 e. The number of imidazole rings is 1. The summed E-state index contributed by atoms with van der Waals surface area (Å²) in [5.74, 6) is 1.73. The number of anilines is 2. The Balaban J connectivity index is 1.39. The molecule has 5 N–H and O–H groups in total. The number of hydrogen-bond donors (Lipinski definition) is 4. The number of nitrogen functional groups attached to an aromatic ring is 1. The molecule has 3 aromatic rings. The third-order valence-electron chi connectivity index (χ3n) is 6.71. The number of aliphatic hydroxyl groups excluding tert-OH is 1. The van der Waals surface area contributed by atoms with Gasteiger partial charge in [-0.15, -0.1) is 6.42 Å².